The summed E-state index contributed by atoms with van der Waals surface area (Å²) in [5, 5.41) is 11.1. The number of nitrogens with one attached hydrogen (secondary N) is 2. The van der Waals surface area contributed by atoms with Crippen molar-refractivity contribution in [3.8, 4) is 6.07 Å². The van der Waals surface area contributed by atoms with Crippen LogP contribution < -0.4 is 10.0 Å². The molecule has 0 radical (unpaired) electrons. The molecule has 6 nitrogen and oxygen atoms in total. The maximum atomic E-state index is 11.4. The minimum atomic E-state index is -3.37. The topological polar surface area (TPSA) is 99.1 Å². The fourth-order valence-corrected chi connectivity index (χ4v) is 1.67. The van der Waals surface area contributed by atoms with Crippen molar-refractivity contribution < 1.29 is 13.2 Å². The minimum absolute atomic E-state index is 0.0723. The van der Waals surface area contributed by atoms with Gasteiger partial charge in [0.1, 0.15) is 0 Å². The number of nitrogens with zero attached hydrogens (tertiary/aromatic N) is 1. The molecule has 2 N–H and O–H groups in total. The van der Waals surface area contributed by atoms with E-state index >= 15 is 0 Å². The van der Waals surface area contributed by atoms with Crippen LogP contribution in [0.1, 0.15) is 12.5 Å². The summed E-state index contributed by atoms with van der Waals surface area (Å²) in [4.78, 5) is 11.4. The van der Waals surface area contributed by atoms with E-state index in [1.807, 2.05) is 6.07 Å². The van der Waals surface area contributed by atoms with Crippen LogP contribution in [0.4, 0.5) is 5.69 Å². The van der Waals surface area contributed by atoms with E-state index in [0.29, 0.717) is 11.3 Å². The second kappa shape index (κ2) is 6.14. The highest BCUT2D eigenvalue weighted by atomic mass is 32.2. The zero-order chi connectivity index (χ0) is 13.6. The number of benzene rings is 1. The summed E-state index contributed by atoms with van der Waals surface area (Å²) in [7, 11) is -3.37. The number of anilines is 1. The predicted molar refractivity (Wildman–Crippen MR) is 67.3 cm³/mol. The van der Waals surface area contributed by atoms with Gasteiger partial charge in [0.05, 0.1) is 23.9 Å². The maximum Gasteiger partial charge on any atom is 0.239 e. The third-order valence-electron chi connectivity index (χ3n) is 2.13. The summed E-state index contributed by atoms with van der Waals surface area (Å²) in [5.74, 6) is -0.534. The molecule has 1 aromatic rings. The molecule has 0 saturated carbocycles. The van der Waals surface area contributed by atoms with Gasteiger partial charge in [0.2, 0.25) is 15.9 Å². The van der Waals surface area contributed by atoms with Gasteiger partial charge >= 0.3 is 0 Å². The summed E-state index contributed by atoms with van der Waals surface area (Å²) in [5.41, 5.74) is 0.995. The lowest BCUT2D eigenvalue weighted by Gasteiger charge is -2.06. The van der Waals surface area contributed by atoms with E-state index in [4.69, 9.17) is 5.26 Å². The largest absolute Gasteiger partial charge is 0.325 e. The van der Waals surface area contributed by atoms with Crippen LogP contribution in [0.15, 0.2) is 24.3 Å². The lowest BCUT2D eigenvalue weighted by molar-refractivity contribution is -0.115. The fraction of sp³-hybridized carbons (Fsp3) is 0.273. The molecule has 0 spiro atoms. The first-order valence-electron chi connectivity index (χ1n) is 5.24. The average Bonchev–Trinajstić information content (AvgIpc) is 2.37. The van der Waals surface area contributed by atoms with Crippen molar-refractivity contribution in [2.45, 2.75) is 6.92 Å². The highest BCUT2D eigenvalue weighted by Gasteiger charge is 2.09. The Morgan fingerprint density at radius 2 is 1.94 bits per heavy atom. The zero-order valence-electron chi connectivity index (χ0n) is 9.80. The van der Waals surface area contributed by atoms with Crippen molar-refractivity contribution in [2.75, 3.05) is 17.6 Å². The number of hydrogen-bond donors (Lipinski definition) is 2. The predicted octanol–water partition coefficient (Wildman–Crippen LogP) is 0.436. The van der Waals surface area contributed by atoms with Crippen LogP contribution in [0.3, 0.4) is 0 Å². The van der Waals surface area contributed by atoms with E-state index in [1.165, 1.54) is 6.92 Å². The van der Waals surface area contributed by atoms with E-state index in [2.05, 4.69) is 10.0 Å². The number of nitriles is 1. The zero-order valence-corrected chi connectivity index (χ0v) is 10.6. The SMILES string of the molecule is CCS(=O)(=O)NCC(=O)Nc1ccc(C#N)cc1. The second-order valence-corrected chi connectivity index (χ2v) is 5.56. The van der Waals surface area contributed by atoms with Crippen molar-refractivity contribution in [3.05, 3.63) is 29.8 Å². The van der Waals surface area contributed by atoms with Crippen molar-refractivity contribution in [1.82, 2.24) is 4.72 Å². The summed E-state index contributed by atoms with van der Waals surface area (Å²) in [6, 6.07) is 8.23. The Balaban J connectivity index is 2.52. The van der Waals surface area contributed by atoms with Gasteiger partial charge in [-0.05, 0) is 31.2 Å². The van der Waals surface area contributed by atoms with Crippen LogP contribution in [0.25, 0.3) is 0 Å². The highest BCUT2D eigenvalue weighted by molar-refractivity contribution is 7.89. The molecule has 0 atom stereocenters. The molecule has 0 unspecified atom stereocenters. The second-order valence-electron chi connectivity index (χ2n) is 3.46. The summed E-state index contributed by atoms with van der Waals surface area (Å²) >= 11 is 0. The Morgan fingerprint density at radius 1 is 1.33 bits per heavy atom. The summed E-state index contributed by atoms with van der Waals surface area (Å²) in [6.07, 6.45) is 0. The molecule has 1 amide bonds. The van der Waals surface area contributed by atoms with Crippen molar-refractivity contribution in [3.63, 3.8) is 0 Å². The van der Waals surface area contributed by atoms with Crippen LogP contribution in [-0.4, -0.2) is 26.6 Å². The van der Waals surface area contributed by atoms with E-state index in [1.54, 1.807) is 24.3 Å². The molecule has 0 bridgehead atoms. The number of sulfonamides is 1. The van der Waals surface area contributed by atoms with Gasteiger partial charge < -0.3 is 5.32 Å². The molecule has 1 aromatic carbocycles. The van der Waals surface area contributed by atoms with Gasteiger partial charge in [-0.25, -0.2) is 13.1 Å². The monoisotopic (exact) mass is 267 g/mol. The molecule has 0 aliphatic rings. The van der Waals surface area contributed by atoms with E-state index < -0.39 is 15.9 Å². The van der Waals surface area contributed by atoms with Crippen molar-refractivity contribution in [2.24, 2.45) is 0 Å². The Kier molecular flexibility index (Phi) is 4.83. The number of hydrogen-bond acceptors (Lipinski definition) is 4. The molecule has 96 valence electrons. The summed E-state index contributed by atoms with van der Waals surface area (Å²) in [6.45, 7) is 1.18. The Morgan fingerprint density at radius 3 is 2.44 bits per heavy atom. The van der Waals surface area contributed by atoms with Gasteiger partial charge in [0.15, 0.2) is 0 Å². The summed E-state index contributed by atoms with van der Waals surface area (Å²) < 4.78 is 24.4. The minimum Gasteiger partial charge on any atom is -0.325 e. The van der Waals surface area contributed by atoms with Crippen molar-refractivity contribution in [1.29, 1.82) is 5.26 Å². The molecule has 0 fully saturated rings. The fourth-order valence-electron chi connectivity index (χ4n) is 1.11. The lowest BCUT2D eigenvalue weighted by Crippen LogP contribution is -2.33. The smallest absolute Gasteiger partial charge is 0.239 e. The van der Waals surface area contributed by atoms with Gasteiger partial charge in [-0.2, -0.15) is 5.26 Å². The highest BCUT2D eigenvalue weighted by Crippen LogP contribution is 2.08. The Hall–Kier alpha value is -1.91. The van der Waals surface area contributed by atoms with E-state index in [0.717, 1.165) is 0 Å². The van der Waals surface area contributed by atoms with E-state index in [9.17, 15) is 13.2 Å². The first-order valence-corrected chi connectivity index (χ1v) is 6.89. The molecule has 0 aliphatic carbocycles. The molecule has 1 rings (SSSR count). The van der Waals surface area contributed by atoms with E-state index in [-0.39, 0.29) is 12.3 Å². The Bertz CT molecular complexity index is 558. The van der Waals surface area contributed by atoms with Gasteiger partial charge in [-0.3, -0.25) is 4.79 Å². The number of carbonyl (C=O) groups is 1. The standard InChI is InChI=1S/C11H13N3O3S/c1-2-18(16,17)13-8-11(15)14-10-5-3-9(7-12)4-6-10/h3-6,13H,2,8H2,1H3,(H,14,15). The van der Waals surface area contributed by atoms with Gasteiger partial charge in [0, 0.05) is 5.69 Å². The molecule has 0 aromatic heterocycles. The number of carbonyl (C=O) groups excluding carboxylic acids is 1. The third kappa shape index (κ3) is 4.53. The molecule has 0 saturated heterocycles. The maximum absolute atomic E-state index is 11.4. The first kappa shape index (κ1) is 14.2. The van der Waals surface area contributed by atoms with Crippen LogP contribution >= 0.6 is 0 Å². The molecule has 0 heterocycles. The van der Waals surface area contributed by atoms with Crippen LogP contribution in [-0.2, 0) is 14.8 Å². The quantitative estimate of drug-likeness (QED) is 0.808. The molecular formula is C11H13N3O3S. The Labute approximate surface area is 106 Å². The normalized spacial score (nSPS) is 10.7. The van der Waals surface area contributed by atoms with Gasteiger partial charge in [0.25, 0.3) is 0 Å². The first-order chi connectivity index (χ1) is 8.46. The molecular weight excluding hydrogens is 254 g/mol. The van der Waals surface area contributed by atoms with Crippen LogP contribution in [0.5, 0.6) is 0 Å². The van der Waals surface area contributed by atoms with Crippen molar-refractivity contribution >= 4 is 21.6 Å². The van der Waals surface area contributed by atoms with Gasteiger partial charge in [-0.15, -0.1) is 0 Å². The molecule has 0 aliphatic heterocycles. The lowest BCUT2D eigenvalue weighted by atomic mass is 10.2. The molecule has 18 heavy (non-hydrogen) atoms. The number of amides is 1. The van der Waals surface area contributed by atoms with Gasteiger partial charge in [-0.1, -0.05) is 0 Å². The average molecular weight is 267 g/mol. The van der Waals surface area contributed by atoms with Crippen LogP contribution in [0.2, 0.25) is 0 Å². The number of rotatable bonds is 5. The van der Waals surface area contributed by atoms with Crippen LogP contribution in [0, 0.1) is 11.3 Å². The third-order valence-corrected chi connectivity index (χ3v) is 3.47. The molecule has 7 heteroatoms.